The lowest BCUT2D eigenvalue weighted by Gasteiger charge is -2.36. The number of amides is 1. The molecular formula is C26H34FIN4O4Si. The smallest absolute Gasteiger partial charge is 0.280 e. The molecule has 2 heterocycles. The number of hydrogen-bond donors (Lipinski definition) is 2. The van der Waals surface area contributed by atoms with Crippen LogP contribution in [0.2, 0.25) is 18.1 Å². The van der Waals surface area contributed by atoms with Gasteiger partial charge in [-0.25, -0.2) is 9.87 Å². The molecule has 8 nitrogen and oxygen atoms in total. The van der Waals surface area contributed by atoms with E-state index in [0.717, 1.165) is 0 Å². The summed E-state index contributed by atoms with van der Waals surface area (Å²) in [6.07, 6.45) is 0.613. The second-order valence-corrected chi connectivity index (χ2v) is 16.3. The van der Waals surface area contributed by atoms with E-state index in [1.165, 1.54) is 17.7 Å². The van der Waals surface area contributed by atoms with Gasteiger partial charge in [-0.15, -0.1) is 0 Å². The van der Waals surface area contributed by atoms with Crippen LogP contribution in [-0.4, -0.2) is 37.0 Å². The Labute approximate surface area is 231 Å². The second kappa shape index (κ2) is 11.6. The number of hydroxylamine groups is 1. The Balaban J connectivity index is 1.96. The van der Waals surface area contributed by atoms with E-state index in [-0.39, 0.29) is 45.2 Å². The quantitative estimate of drug-likeness (QED) is 0.136. The van der Waals surface area contributed by atoms with Crippen molar-refractivity contribution >= 4 is 59.2 Å². The molecular weight excluding hydrogens is 606 g/mol. The van der Waals surface area contributed by atoms with E-state index in [1.807, 2.05) is 29.5 Å². The topological polar surface area (TPSA) is 94.5 Å². The maximum absolute atomic E-state index is 14.7. The number of anilines is 2. The minimum atomic E-state index is -1.96. The molecule has 3 rings (SSSR count). The molecule has 0 fully saturated rings. The Bertz CT molecular complexity index is 1370. The minimum absolute atomic E-state index is 0.0536. The van der Waals surface area contributed by atoms with Crippen molar-refractivity contribution in [1.82, 2.24) is 15.0 Å². The molecule has 11 heteroatoms. The Kier molecular flexibility index (Phi) is 9.14. The van der Waals surface area contributed by atoms with Gasteiger partial charge in [-0.3, -0.25) is 24.0 Å². The Hall–Kier alpha value is -2.35. The van der Waals surface area contributed by atoms with Gasteiger partial charge in [0.2, 0.25) is 0 Å². The molecule has 0 aliphatic heterocycles. The SMILES string of the molecule is CCc1ccc2c(=O)n(C)c(Nc3ccc(I)cc3F)c(C(=O)NOCCO[Si](C)(C)C(C)(C)C)c2n1. The van der Waals surface area contributed by atoms with Gasteiger partial charge in [-0.2, -0.15) is 0 Å². The van der Waals surface area contributed by atoms with E-state index < -0.39 is 20.0 Å². The summed E-state index contributed by atoms with van der Waals surface area (Å²) in [6.45, 7) is 13.1. The molecule has 0 unspecified atom stereocenters. The molecule has 0 saturated heterocycles. The number of carbonyl (C=O) groups is 1. The van der Waals surface area contributed by atoms with Gasteiger partial charge in [0.05, 0.1) is 29.8 Å². The number of benzene rings is 1. The van der Waals surface area contributed by atoms with Crippen molar-refractivity contribution in [3.05, 3.63) is 61.3 Å². The first kappa shape index (κ1) is 29.2. The predicted molar refractivity (Wildman–Crippen MR) is 155 cm³/mol. The molecule has 1 aromatic carbocycles. The van der Waals surface area contributed by atoms with Crippen LogP contribution in [0.15, 0.2) is 35.1 Å². The number of aryl methyl sites for hydroxylation is 1. The zero-order valence-electron chi connectivity index (χ0n) is 22.3. The van der Waals surface area contributed by atoms with E-state index in [9.17, 15) is 14.0 Å². The fourth-order valence-electron chi connectivity index (χ4n) is 3.42. The molecule has 2 aromatic heterocycles. The summed E-state index contributed by atoms with van der Waals surface area (Å²) < 4.78 is 22.8. The predicted octanol–water partition coefficient (Wildman–Crippen LogP) is 5.67. The zero-order chi connectivity index (χ0) is 27.5. The minimum Gasteiger partial charge on any atom is -0.414 e. The number of carbonyl (C=O) groups excluding carboxylic acids is 1. The molecule has 2 N–H and O–H groups in total. The lowest BCUT2D eigenvalue weighted by Crippen LogP contribution is -2.42. The van der Waals surface area contributed by atoms with Crippen LogP contribution < -0.4 is 16.4 Å². The largest absolute Gasteiger partial charge is 0.414 e. The van der Waals surface area contributed by atoms with Crippen molar-refractivity contribution in [1.29, 1.82) is 0 Å². The van der Waals surface area contributed by atoms with E-state index in [0.29, 0.717) is 22.3 Å². The number of hydrogen-bond acceptors (Lipinski definition) is 6. The van der Waals surface area contributed by atoms with Gasteiger partial charge in [0.25, 0.3) is 11.5 Å². The van der Waals surface area contributed by atoms with Gasteiger partial charge in [0.15, 0.2) is 8.32 Å². The van der Waals surface area contributed by atoms with Crippen LogP contribution in [0.3, 0.4) is 0 Å². The van der Waals surface area contributed by atoms with Gasteiger partial charge >= 0.3 is 0 Å². The first-order chi connectivity index (χ1) is 17.3. The van der Waals surface area contributed by atoms with E-state index >= 15 is 0 Å². The number of rotatable bonds is 9. The van der Waals surface area contributed by atoms with E-state index in [2.05, 4.69) is 49.6 Å². The fraction of sp³-hybridized carbons (Fsp3) is 0.423. The molecule has 0 bridgehead atoms. The highest BCUT2D eigenvalue weighted by Crippen LogP contribution is 2.36. The van der Waals surface area contributed by atoms with Crippen molar-refractivity contribution in [3.8, 4) is 0 Å². The number of nitrogens with one attached hydrogen (secondary N) is 2. The van der Waals surface area contributed by atoms with E-state index in [4.69, 9.17) is 9.26 Å². The van der Waals surface area contributed by atoms with Gasteiger partial charge in [-0.1, -0.05) is 27.7 Å². The third-order valence-corrected chi connectivity index (χ3v) is 11.9. The number of fused-ring (bicyclic) bond motifs is 1. The van der Waals surface area contributed by atoms with Crippen molar-refractivity contribution in [3.63, 3.8) is 0 Å². The summed E-state index contributed by atoms with van der Waals surface area (Å²) in [4.78, 5) is 36.6. The van der Waals surface area contributed by atoms with E-state index in [1.54, 1.807) is 24.3 Å². The summed E-state index contributed by atoms with van der Waals surface area (Å²) in [6, 6.07) is 8.05. The summed E-state index contributed by atoms with van der Waals surface area (Å²) in [5, 5.41) is 3.27. The Morgan fingerprint density at radius 2 is 1.89 bits per heavy atom. The average molecular weight is 641 g/mol. The summed E-state index contributed by atoms with van der Waals surface area (Å²) in [5.74, 6) is -1.01. The lowest BCUT2D eigenvalue weighted by atomic mass is 10.1. The maximum atomic E-state index is 14.7. The molecule has 200 valence electrons. The first-order valence-electron chi connectivity index (χ1n) is 12.1. The van der Waals surface area contributed by atoms with Crippen LogP contribution >= 0.6 is 22.6 Å². The van der Waals surface area contributed by atoms with Gasteiger partial charge in [-0.05, 0) is 77.5 Å². The normalized spacial score (nSPS) is 12.1. The summed E-state index contributed by atoms with van der Waals surface area (Å²) in [5.41, 5.74) is 3.23. The van der Waals surface area contributed by atoms with Crippen molar-refractivity contribution in [2.75, 3.05) is 18.5 Å². The van der Waals surface area contributed by atoms with Crippen LogP contribution in [0.4, 0.5) is 15.9 Å². The Morgan fingerprint density at radius 3 is 2.51 bits per heavy atom. The molecule has 0 aliphatic rings. The van der Waals surface area contributed by atoms with Gasteiger partial charge in [0.1, 0.15) is 17.2 Å². The maximum Gasteiger partial charge on any atom is 0.280 e. The summed E-state index contributed by atoms with van der Waals surface area (Å²) >= 11 is 2.01. The van der Waals surface area contributed by atoms with Gasteiger partial charge in [0, 0.05) is 16.3 Å². The van der Waals surface area contributed by atoms with Gasteiger partial charge < -0.3 is 9.74 Å². The number of aromatic nitrogens is 2. The highest BCUT2D eigenvalue weighted by molar-refractivity contribution is 14.1. The number of nitrogens with zero attached hydrogens (tertiary/aromatic N) is 2. The number of pyridine rings is 2. The average Bonchev–Trinajstić information content (AvgIpc) is 2.82. The molecule has 0 radical (unpaired) electrons. The second-order valence-electron chi connectivity index (χ2n) is 10.3. The fourth-order valence-corrected chi connectivity index (χ4v) is 4.90. The zero-order valence-corrected chi connectivity index (χ0v) is 25.4. The van der Waals surface area contributed by atoms with Crippen LogP contribution in [-0.2, 0) is 22.7 Å². The molecule has 1 amide bonds. The molecule has 0 spiro atoms. The van der Waals surface area contributed by atoms with Crippen LogP contribution in [0, 0.1) is 9.39 Å². The highest BCUT2D eigenvalue weighted by Gasteiger charge is 2.37. The molecule has 3 aromatic rings. The molecule has 37 heavy (non-hydrogen) atoms. The van der Waals surface area contributed by atoms with Crippen LogP contribution in [0.1, 0.15) is 43.7 Å². The highest BCUT2D eigenvalue weighted by atomic mass is 127. The van der Waals surface area contributed by atoms with Crippen LogP contribution in [0.5, 0.6) is 0 Å². The van der Waals surface area contributed by atoms with Crippen LogP contribution in [0.25, 0.3) is 10.9 Å². The Morgan fingerprint density at radius 1 is 1.19 bits per heavy atom. The van der Waals surface area contributed by atoms with Crippen molar-refractivity contribution in [2.45, 2.75) is 52.2 Å². The third-order valence-electron chi connectivity index (χ3n) is 6.69. The summed E-state index contributed by atoms with van der Waals surface area (Å²) in [7, 11) is -0.434. The first-order valence-corrected chi connectivity index (χ1v) is 16.1. The monoisotopic (exact) mass is 640 g/mol. The third kappa shape index (κ3) is 6.56. The molecule has 0 saturated carbocycles. The lowest BCUT2D eigenvalue weighted by molar-refractivity contribution is 0.0185. The molecule has 0 atom stereocenters. The molecule has 0 aliphatic carbocycles. The standard InChI is InChI=1S/C26H34FIN4O4Si/c1-8-17-10-11-18-22(29-17)21(24(33)31-35-13-14-36-37(6,7)26(2,3)4)23(32(5)25(18)34)30-20-12-9-16(28)15-19(20)27/h9-12,15,30H,8,13-14H2,1-7H3,(H,31,33). The number of halogens is 2. The van der Waals surface area contributed by atoms with Crippen molar-refractivity contribution < 1.29 is 18.4 Å². The van der Waals surface area contributed by atoms with Crippen molar-refractivity contribution in [2.24, 2.45) is 7.05 Å².